The summed E-state index contributed by atoms with van der Waals surface area (Å²) >= 11 is 0. The SMILES string of the molecule is COc1cc(Nc2nccc(Nc3ccc(C(=O)c4cccc5cc[nH]c45)cc3)n2)cc(OC)c1OC. The van der Waals surface area contributed by atoms with E-state index in [-0.39, 0.29) is 5.78 Å². The highest BCUT2D eigenvalue weighted by Gasteiger charge is 2.15. The first kappa shape index (κ1) is 23.7. The lowest BCUT2D eigenvalue weighted by atomic mass is 10.0. The molecule has 0 unspecified atom stereocenters. The largest absolute Gasteiger partial charge is 0.493 e. The van der Waals surface area contributed by atoms with Crippen molar-refractivity contribution >= 4 is 39.8 Å². The molecule has 0 amide bonds. The number of carbonyl (C=O) groups is 1. The molecule has 0 aliphatic carbocycles. The molecule has 3 aromatic carbocycles. The number of fused-ring (bicyclic) bond motifs is 1. The Kier molecular flexibility index (Phi) is 6.58. The first-order valence-corrected chi connectivity index (χ1v) is 11.5. The van der Waals surface area contributed by atoms with E-state index < -0.39 is 0 Å². The Morgan fingerprint density at radius 3 is 2.30 bits per heavy atom. The first-order valence-electron chi connectivity index (χ1n) is 11.5. The number of para-hydroxylation sites is 1. The van der Waals surface area contributed by atoms with Crippen molar-refractivity contribution in [2.45, 2.75) is 0 Å². The molecule has 3 N–H and O–H groups in total. The van der Waals surface area contributed by atoms with E-state index in [1.165, 1.54) is 0 Å². The standard InChI is InChI=1S/C28H25N5O4/c1-35-22-15-20(16-23(36-2)27(22)37-3)32-28-30-14-12-24(33-28)31-19-9-7-18(8-10-19)26(34)21-6-4-5-17-11-13-29-25(17)21/h4-16,29H,1-3H3,(H2,30,31,32,33). The first-order chi connectivity index (χ1) is 18.1. The van der Waals surface area contributed by atoms with E-state index in [0.717, 1.165) is 16.6 Å². The number of hydrogen-bond acceptors (Lipinski definition) is 8. The number of rotatable bonds is 9. The molecule has 0 aliphatic heterocycles. The van der Waals surface area contributed by atoms with Crippen LogP contribution in [0.15, 0.2) is 79.1 Å². The van der Waals surface area contributed by atoms with Crippen LogP contribution >= 0.6 is 0 Å². The van der Waals surface area contributed by atoms with Gasteiger partial charge in [-0.05, 0) is 42.5 Å². The molecule has 0 saturated heterocycles. The van der Waals surface area contributed by atoms with Gasteiger partial charge in [-0.15, -0.1) is 0 Å². The van der Waals surface area contributed by atoms with Crippen molar-refractivity contribution in [2.24, 2.45) is 0 Å². The zero-order chi connectivity index (χ0) is 25.8. The van der Waals surface area contributed by atoms with Gasteiger partial charge < -0.3 is 29.8 Å². The highest BCUT2D eigenvalue weighted by atomic mass is 16.5. The number of nitrogens with one attached hydrogen (secondary N) is 3. The highest BCUT2D eigenvalue weighted by molar-refractivity contribution is 6.15. The molecule has 5 rings (SSSR count). The molecule has 0 aliphatic rings. The third kappa shape index (κ3) is 4.87. The maximum atomic E-state index is 13.1. The van der Waals surface area contributed by atoms with Crippen LogP contribution in [0.2, 0.25) is 0 Å². The van der Waals surface area contributed by atoms with E-state index in [1.54, 1.807) is 57.9 Å². The van der Waals surface area contributed by atoms with Gasteiger partial charge in [-0.2, -0.15) is 4.98 Å². The summed E-state index contributed by atoms with van der Waals surface area (Å²) in [5.41, 5.74) is 3.53. The maximum absolute atomic E-state index is 13.1. The van der Waals surface area contributed by atoms with Crippen molar-refractivity contribution in [3.63, 3.8) is 0 Å². The zero-order valence-corrected chi connectivity index (χ0v) is 20.5. The van der Waals surface area contributed by atoms with Gasteiger partial charge in [0.15, 0.2) is 17.3 Å². The van der Waals surface area contributed by atoms with Crippen molar-refractivity contribution in [2.75, 3.05) is 32.0 Å². The van der Waals surface area contributed by atoms with Gasteiger partial charge in [0.25, 0.3) is 0 Å². The Morgan fingerprint density at radius 2 is 1.59 bits per heavy atom. The number of methoxy groups -OCH3 is 3. The second-order valence-electron chi connectivity index (χ2n) is 8.08. The molecule has 186 valence electrons. The topological polar surface area (TPSA) is 110 Å². The summed E-state index contributed by atoms with van der Waals surface area (Å²) in [5.74, 6) is 2.45. The number of ether oxygens (including phenoxy) is 3. The van der Waals surface area contributed by atoms with Crippen molar-refractivity contribution < 1.29 is 19.0 Å². The number of H-pyrrole nitrogens is 1. The summed E-state index contributed by atoms with van der Waals surface area (Å²) in [6.45, 7) is 0. The predicted octanol–water partition coefficient (Wildman–Crippen LogP) is 5.70. The Morgan fingerprint density at radius 1 is 0.838 bits per heavy atom. The molecule has 0 bridgehead atoms. The fraction of sp³-hybridized carbons (Fsp3) is 0.107. The van der Waals surface area contributed by atoms with Gasteiger partial charge >= 0.3 is 0 Å². The lowest BCUT2D eigenvalue weighted by Gasteiger charge is -2.15. The van der Waals surface area contributed by atoms with Gasteiger partial charge in [0.05, 0.1) is 26.8 Å². The van der Waals surface area contributed by atoms with Crippen LogP contribution in [-0.4, -0.2) is 42.1 Å². The Bertz CT molecular complexity index is 1540. The van der Waals surface area contributed by atoms with Crippen LogP contribution in [0.4, 0.5) is 23.1 Å². The molecule has 2 aromatic heterocycles. The molecule has 0 spiro atoms. The Hall–Kier alpha value is -5.05. The normalized spacial score (nSPS) is 10.7. The van der Waals surface area contributed by atoms with Crippen LogP contribution in [-0.2, 0) is 0 Å². The molecule has 5 aromatic rings. The van der Waals surface area contributed by atoms with Crippen molar-refractivity contribution in [1.82, 2.24) is 15.0 Å². The number of benzene rings is 3. The van der Waals surface area contributed by atoms with Gasteiger partial charge in [0, 0.05) is 52.4 Å². The second kappa shape index (κ2) is 10.3. The summed E-state index contributed by atoms with van der Waals surface area (Å²) in [4.78, 5) is 25.1. The van der Waals surface area contributed by atoms with Crippen molar-refractivity contribution in [3.05, 3.63) is 90.3 Å². The number of ketones is 1. The van der Waals surface area contributed by atoms with Crippen molar-refractivity contribution in [3.8, 4) is 17.2 Å². The minimum Gasteiger partial charge on any atom is -0.493 e. The quantitative estimate of drug-likeness (QED) is 0.223. The summed E-state index contributed by atoms with van der Waals surface area (Å²) in [7, 11) is 4.67. The van der Waals surface area contributed by atoms with Gasteiger partial charge in [-0.3, -0.25) is 4.79 Å². The number of aromatic nitrogens is 3. The average Bonchev–Trinajstić information content (AvgIpc) is 3.42. The second-order valence-corrected chi connectivity index (χ2v) is 8.08. The summed E-state index contributed by atoms with van der Waals surface area (Å²) in [6, 6.07) is 20.2. The number of hydrogen-bond donors (Lipinski definition) is 3. The average molecular weight is 496 g/mol. The molecule has 0 fully saturated rings. The molecule has 0 saturated carbocycles. The van der Waals surface area contributed by atoms with E-state index in [1.807, 2.05) is 42.6 Å². The molecule has 2 heterocycles. The lowest BCUT2D eigenvalue weighted by Crippen LogP contribution is -2.03. The molecule has 0 radical (unpaired) electrons. The number of aromatic amines is 1. The number of carbonyl (C=O) groups excluding carboxylic acids is 1. The fourth-order valence-corrected chi connectivity index (χ4v) is 4.05. The lowest BCUT2D eigenvalue weighted by molar-refractivity contribution is 0.104. The van der Waals surface area contributed by atoms with Crippen LogP contribution in [0.25, 0.3) is 10.9 Å². The van der Waals surface area contributed by atoms with E-state index in [2.05, 4.69) is 25.6 Å². The summed E-state index contributed by atoms with van der Waals surface area (Å²) in [5, 5.41) is 7.41. The smallest absolute Gasteiger partial charge is 0.229 e. The van der Waals surface area contributed by atoms with Crippen molar-refractivity contribution in [1.29, 1.82) is 0 Å². The third-order valence-electron chi connectivity index (χ3n) is 5.83. The molecule has 9 nitrogen and oxygen atoms in total. The van der Waals surface area contributed by atoms with Gasteiger partial charge in [0.1, 0.15) is 5.82 Å². The van der Waals surface area contributed by atoms with E-state index in [4.69, 9.17) is 14.2 Å². The zero-order valence-electron chi connectivity index (χ0n) is 20.5. The molecular formula is C28H25N5O4. The summed E-state index contributed by atoms with van der Waals surface area (Å²) in [6.07, 6.45) is 3.48. The van der Waals surface area contributed by atoms with Crippen LogP contribution in [0.5, 0.6) is 17.2 Å². The molecular weight excluding hydrogens is 470 g/mol. The molecule has 37 heavy (non-hydrogen) atoms. The monoisotopic (exact) mass is 495 g/mol. The minimum atomic E-state index is -0.0431. The van der Waals surface area contributed by atoms with Gasteiger partial charge in [0.2, 0.25) is 11.7 Å². The maximum Gasteiger partial charge on any atom is 0.229 e. The third-order valence-corrected chi connectivity index (χ3v) is 5.83. The van der Waals surface area contributed by atoms with Crippen LogP contribution < -0.4 is 24.8 Å². The number of nitrogens with zero attached hydrogens (tertiary/aromatic N) is 2. The Balaban J connectivity index is 1.32. The minimum absolute atomic E-state index is 0.0431. The van der Waals surface area contributed by atoms with Gasteiger partial charge in [-0.25, -0.2) is 4.98 Å². The fourth-order valence-electron chi connectivity index (χ4n) is 4.05. The molecule has 0 atom stereocenters. The van der Waals surface area contributed by atoms with E-state index >= 15 is 0 Å². The van der Waals surface area contributed by atoms with Crippen LogP contribution in [0.3, 0.4) is 0 Å². The van der Waals surface area contributed by atoms with Crippen LogP contribution in [0, 0.1) is 0 Å². The molecule has 9 heteroatoms. The van der Waals surface area contributed by atoms with Crippen LogP contribution in [0.1, 0.15) is 15.9 Å². The predicted molar refractivity (Wildman–Crippen MR) is 143 cm³/mol. The van der Waals surface area contributed by atoms with Gasteiger partial charge in [-0.1, -0.05) is 12.1 Å². The van der Waals surface area contributed by atoms with E-state index in [9.17, 15) is 4.79 Å². The summed E-state index contributed by atoms with van der Waals surface area (Å²) < 4.78 is 16.2. The highest BCUT2D eigenvalue weighted by Crippen LogP contribution is 2.40. The Labute approximate surface area is 213 Å². The number of anilines is 4. The van der Waals surface area contributed by atoms with E-state index in [0.29, 0.717) is 45.8 Å².